The van der Waals surface area contributed by atoms with E-state index in [1.54, 1.807) is 6.92 Å². The Labute approximate surface area is 143 Å². The lowest BCUT2D eigenvalue weighted by Crippen LogP contribution is -2.42. The number of anilines is 1. The number of nitrogens with one attached hydrogen (secondary N) is 2. The number of oxazole rings is 1. The highest BCUT2D eigenvalue weighted by Gasteiger charge is 2.26. The van der Waals surface area contributed by atoms with Crippen LogP contribution in [0.5, 0.6) is 0 Å². The summed E-state index contributed by atoms with van der Waals surface area (Å²) in [4.78, 5) is 23.6. The largest absolute Gasteiger partial charge is 0.448 e. The van der Waals surface area contributed by atoms with Crippen molar-refractivity contribution >= 4 is 23.3 Å². The summed E-state index contributed by atoms with van der Waals surface area (Å²) in [6.07, 6.45) is 5.55. The Bertz CT molecular complexity index is 738. The zero-order valence-electron chi connectivity index (χ0n) is 13.1. The molecule has 7 nitrogen and oxygen atoms in total. The molecule has 0 spiro atoms. The molecule has 1 amide bonds. The summed E-state index contributed by atoms with van der Waals surface area (Å²) in [6.45, 7) is 1.69. The quantitative estimate of drug-likeness (QED) is 0.821. The Hall–Kier alpha value is -2.22. The van der Waals surface area contributed by atoms with Gasteiger partial charge in [0.25, 0.3) is 5.91 Å². The van der Waals surface area contributed by atoms with Gasteiger partial charge in [-0.3, -0.25) is 4.79 Å². The van der Waals surface area contributed by atoms with Crippen molar-refractivity contribution in [3.8, 4) is 0 Å². The van der Waals surface area contributed by atoms with Gasteiger partial charge < -0.3 is 15.1 Å². The van der Waals surface area contributed by atoms with Crippen molar-refractivity contribution in [2.24, 2.45) is 0 Å². The van der Waals surface area contributed by atoms with E-state index in [0.29, 0.717) is 17.9 Å². The van der Waals surface area contributed by atoms with Crippen molar-refractivity contribution in [3.63, 3.8) is 0 Å². The molecular weight excluding hydrogens is 337 g/mol. The number of aryl methyl sites for hydroxylation is 1. The van der Waals surface area contributed by atoms with Crippen molar-refractivity contribution in [3.05, 3.63) is 35.1 Å². The van der Waals surface area contributed by atoms with Crippen molar-refractivity contribution in [1.82, 2.24) is 20.3 Å². The van der Waals surface area contributed by atoms with Crippen molar-refractivity contribution < 1.29 is 13.6 Å². The summed E-state index contributed by atoms with van der Waals surface area (Å²) in [6, 6.07) is -0.0388. The summed E-state index contributed by atoms with van der Waals surface area (Å²) < 4.78 is 18.8. The van der Waals surface area contributed by atoms with Crippen LogP contribution in [0.25, 0.3) is 0 Å². The van der Waals surface area contributed by atoms with E-state index in [0.717, 1.165) is 25.5 Å². The maximum Gasteiger partial charge on any atom is 0.273 e. The Morgan fingerprint density at radius 3 is 2.92 bits per heavy atom. The second kappa shape index (κ2) is 7.12. The van der Waals surface area contributed by atoms with E-state index in [4.69, 9.17) is 16.0 Å². The molecule has 1 saturated carbocycles. The molecule has 3 rings (SSSR count). The van der Waals surface area contributed by atoms with Crippen molar-refractivity contribution in [2.45, 2.75) is 44.7 Å². The van der Waals surface area contributed by atoms with Crippen LogP contribution in [-0.4, -0.2) is 32.9 Å². The summed E-state index contributed by atoms with van der Waals surface area (Å²) in [5.74, 6) is -0.248. The van der Waals surface area contributed by atoms with Gasteiger partial charge in [0.05, 0.1) is 6.20 Å². The van der Waals surface area contributed by atoms with Crippen LogP contribution in [0.15, 0.2) is 17.0 Å². The molecule has 1 fully saturated rings. The fourth-order valence-corrected chi connectivity index (χ4v) is 3.00. The zero-order valence-corrected chi connectivity index (χ0v) is 13.8. The molecule has 0 aromatic carbocycles. The molecule has 0 bridgehead atoms. The topological polar surface area (TPSA) is 92.9 Å². The van der Waals surface area contributed by atoms with Gasteiger partial charge >= 0.3 is 0 Å². The molecule has 2 aromatic heterocycles. The molecule has 24 heavy (non-hydrogen) atoms. The Balaban J connectivity index is 1.61. The number of hydrogen-bond acceptors (Lipinski definition) is 6. The van der Waals surface area contributed by atoms with Gasteiger partial charge in [0.1, 0.15) is 5.76 Å². The van der Waals surface area contributed by atoms with Gasteiger partial charge in [-0.1, -0.05) is 0 Å². The molecule has 0 unspecified atom stereocenters. The first-order chi connectivity index (χ1) is 11.5. The number of halogens is 2. The highest BCUT2D eigenvalue weighted by Crippen LogP contribution is 2.23. The number of aromatic nitrogens is 3. The molecule has 9 heteroatoms. The highest BCUT2D eigenvalue weighted by atomic mass is 35.5. The highest BCUT2D eigenvalue weighted by molar-refractivity contribution is 6.28. The second-order valence-electron chi connectivity index (χ2n) is 5.77. The lowest BCUT2D eigenvalue weighted by atomic mass is 9.91. The average Bonchev–Trinajstić information content (AvgIpc) is 2.97. The summed E-state index contributed by atoms with van der Waals surface area (Å²) in [5, 5.41) is 5.98. The van der Waals surface area contributed by atoms with E-state index in [-0.39, 0.29) is 29.1 Å². The predicted octanol–water partition coefficient (Wildman–Crippen LogP) is 2.72. The fourth-order valence-electron chi connectivity index (χ4n) is 2.87. The van der Waals surface area contributed by atoms with Crippen LogP contribution in [0.2, 0.25) is 5.28 Å². The minimum absolute atomic E-state index is 0.0112. The van der Waals surface area contributed by atoms with E-state index in [1.165, 1.54) is 6.39 Å². The first-order valence-corrected chi connectivity index (χ1v) is 8.06. The molecule has 2 N–H and O–H groups in total. The van der Waals surface area contributed by atoms with Crippen LogP contribution in [0, 0.1) is 12.7 Å². The van der Waals surface area contributed by atoms with Crippen molar-refractivity contribution in [2.75, 3.05) is 5.32 Å². The first kappa shape index (κ1) is 16.6. The zero-order chi connectivity index (χ0) is 17.1. The lowest BCUT2D eigenvalue weighted by Gasteiger charge is -2.30. The van der Waals surface area contributed by atoms with Gasteiger partial charge in [-0.15, -0.1) is 0 Å². The third-order valence-electron chi connectivity index (χ3n) is 4.02. The second-order valence-corrected chi connectivity index (χ2v) is 6.11. The molecule has 2 aromatic rings. The van der Waals surface area contributed by atoms with E-state index < -0.39 is 5.82 Å². The molecule has 1 aliphatic carbocycles. The standard InChI is InChI=1S/C15H17ClFN5O2/c1-8-12(19-7-24-8)14(23)21-10-4-2-3-9(5-10)20-13-11(17)6-18-15(16)22-13/h6-7,9-10H,2-5H2,1H3,(H,21,23)(H,18,20,22)/t9-,10+/m1/s1. The molecule has 2 heterocycles. The molecule has 2 atom stereocenters. The van der Waals surface area contributed by atoms with Crippen LogP contribution in [0.3, 0.4) is 0 Å². The number of hydrogen-bond donors (Lipinski definition) is 2. The summed E-state index contributed by atoms with van der Waals surface area (Å²) in [5.41, 5.74) is 0.290. The monoisotopic (exact) mass is 353 g/mol. The normalized spacial score (nSPS) is 20.6. The maximum absolute atomic E-state index is 13.7. The molecule has 128 valence electrons. The van der Waals surface area contributed by atoms with Gasteiger partial charge in [-0.25, -0.2) is 14.4 Å². The van der Waals surface area contributed by atoms with Gasteiger partial charge in [0.2, 0.25) is 5.28 Å². The number of nitrogens with zero attached hydrogens (tertiary/aromatic N) is 3. The third-order valence-corrected chi connectivity index (χ3v) is 4.21. The van der Waals surface area contributed by atoms with Gasteiger partial charge in [-0.05, 0) is 44.2 Å². The minimum Gasteiger partial charge on any atom is -0.448 e. The average molecular weight is 354 g/mol. The minimum atomic E-state index is -0.552. The van der Waals surface area contributed by atoms with Gasteiger partial charge in [0.15, 0.2) is 23.7 Å². The predicted molar refractivity (Wildman–Crippen MR) is 85.4 cm³/mol. The maximum atomic E-state index is 13.7. The van der Waals surface area contributed by atoms with Crippen LogP contribution < -0.4 is 10.6 Å². The summed E-state index contributed by atoms with van der Waals surface area (Å²) in [7, 11) is 0. The van der Waals surface area contributed by atoms with Crippen molar-refractivity contribution in [1.29, 1.82) is 0 Å². The number of rotatable bonds is 4. The Kier molecular flexibility index (Phi) is 4.94. The molecular formula is C15H17ClFN5O2. The smallest absolute Gasteiger partial charge is 0.273 e. The van der Waals surface area contributed by atoms with E-state index in [1.807, 2.05) is 0 Å². The number of amides is 1. The Morgan fingerprint density at radius 2 is 2.17 bits per heavy atom. The van der Waals surface area contributed by atoms with Gasteiger partial charge in [0, 0.05) is 12.1 Å². The molecule has 0 saturated heterocycles. The van der Waals surface area contributed by atoms with Crippen LogP contribution in [0.4, 0.5) is 10.2 Å². The van der Waals surface area contributed by atoms with E-state index in [2.05, 4.69) is 25.6 Å². The fraction of sp³-hybridized carbons (Fsp3) is 0.467. The van der Waals surface area contributed by atoms with E-state index >= 15 is 0 Å². The third kappa shape index (κ3) is 3.81. The van der Waals surface area contributed by atoms with Crippen LogP contribution >= 0.6 is 11.6 Å². The SMILES string of the molecule is Cc1ocnc1C(=O)N[C@H]1CCC[C@@H](Nc2nc(Cl)ncc2F)C1. The van der Waals surface area contributed by atoms with E-state index in [9.17, 15) is 9.18 Å². The lowest BCUT2D eigenvalue weighted by molar-refractivity contribution is 0.0920. The first-order valence-electron chi connectivity index (χ1n) is 7.68. The Morgan fingerprint density at radius 1 is 1.38 bits per heavy atom. The number of carbonyl (C=O) groups excluding carboxylic acids is 1. The molecule has 0 radical (unpaired) electrons. The number of carbonyl (C=O) groups is 1. The van der Waals surface area contributed by atoms with Crippen LogP contribution in [0.1, 0.15) is 41.9 Å². The summed E-state index contributed by atoms with van der Waals surface area (Å²) >= 11 is 5.70. The van der Waals surface area contributed by atoms with Gasteiger partial charge in [-0.2, -0.15) is 4.98 Å². The molecule has 0 aliphatic heterocycles. The van der Waals surface area contributed by atoms with Crippen LogP contribution in [-0.2, 0) is 0 Å². The molecule has 1 aliphatic rings.